The summed E-state index contributed by atoms with van der Waals surface area (Å²) >= 11 is 0. The van der Waals surface area contributed by atoms with Gasteiger partial charge in [0.2, 0.25) is 0 Å². The Morgan fingerprint density at radius 3 is 0.795 bits per heavy atom. The van der Waals surface area contributed by atoms with Gasteiger partial charge in [0.1, 0.15) is 0 Å². The van der Waals surface area contributed by atoms with Crippen LogP contribution in [-0.2, 0) is 0 Å². The number of hydrogen-bond donors (Lipinski definition) is 0. The summed E-state index contributed by atoms with van der Waals surface area (Å²) in [5.41, 5.74) is 24.9. The fourth-order valence-corrected chi connectivity index (χ4v) is 12.5. The molecule has 0 atom stereocenters. The lowest BCUT2D eigenvalue weighted by Crippen LogP contribution is -2.65. The van der Waals surface area contributed by atoms with E-state index < -0.39 is 0 Å². The second-order valence-corrected chi connectivity index (χ2v) is 20.1. The highest BCUT2D eigenvalue weighted by atomic mass is 15.2. The van der Waals surface area contributed by atoms with Crippen LogP contribution in [0.25, 0.3) is 22.3 Å². The third-order valence-electron chi connectivity index (χ3n) is 15.6. The minimum absolute atomic E-state index is 0.206. The molecule has 366 valence electrons. The monoisotopic (exact) mass is 995 g/mol. The van der Waals surface area contributed by atoms with Gasteiger partial charge >= 0.3 is 0 Å². The molecule has 0 N–H and O–H groups in total. The molecule has 3 aliphatic heterocycles. The zero-order chi connectivity index (χ0) is 51.5. The maximum absolute atomic E-state index is 2.59. The van der Waals surface area contributed by atoms with E-state index in [1.165, 1.54) is 27.8 Å². The van der Waals surface area contributed by atoms with Crippen LogP contribution in [0.15, 0.2) is 303 Å². The number of anilines is 15. The molecule has 5 nitrogen and oxygen atoms in total. The van der Waals surface area contributed by atoms with Crippen LogP contribution in [0.3, 0.4) is 0 Å². The molecule has 0 fully saturated rings. The van der Waals surface area contributed by atoms with Crippen molar-refractivity contribution >= 4 is 108 Å². The van der Waals surface area contributed by atoms with Crippen molar-refractivity contribution in [2.45, 2.75) is 0 Å². The van der Waals surface area contributed by atoms with Crippen LogP contribution in [0.1, 0.15) is 0 Å². The van der Waals surface area contributed by atoms with Crippen molar-refractivity contribution in [3.05, 3.63) is 303 Å². The summed E-state index contributed by atoms with van der Waals surface area (Å²) in [7, 11) is 0. The Balaban J connectivity index is 1.16. The maximum atomic E-state index is 2.59. The Bertz CT molecular complexity index is 3810. The van der Waals surface area contributed by atoms with Gasteiger partial charge < -0.3 is 24.5 Å². The SMILES string of the molecule is c1ccc(-c2cc(-c3ccccc3)c3c4c2N(c2ccccc2)c2cc(N(c5ccccc5)c5ccccc5)cc5c2B4c2c(cc(N(c4ccccc4)c4ccccc4)cc2N3c2ccccc2)N5c2ccccc2)cc1. The van der Waals surface area contributed by atoms with Crippen molar-refractivity contribution < 1.29 is 0 Å². The average molecular weight is 996 g/mol. The van der Waals surface area contributed by atoms with Crippen LogP contribution < -0.4 is 40.9 Å². The van der Waals surface area contributed by atoms with E-state index >= 15 is 0 Å². The van der Waals surface area contributed by atoms with Gasteiger partial charge in [-0.25, -0.2) is 0 Å². The van der Waals surface area contributed by atoms with Crippen molar-refractivity contribution in [3.8, 4) is 22.3 Å². The molecule has 6 heteroatoms. The number of rotatable bonds is 11. The van der Waals surface area contributed by atoms with Gasteiger partial charge in [-0.15, -0.1) is 0 Å². The minimum atomic E-state index is -0.206. The van der Waals surface area contributed by atoms with Crippen molar-refractivity contribution in [2.75, 3.05) is 24.5 Å². The first-order chi connectivity index (χ1) is 38.8. The fourth-order valence-electron chi connectivity index (χ4n) is 12.5. The molecule has 0 unspecified atom stereocenters. The Morgan fingerprint density at radius 1 is 0.231 bits per heavy atom. The Morgan fingerprint density at radius 2 is 0.487 bits per heavy atom. The largest absolute Gasteiger partial charge is 0.311 e. The highest BCUT2D eigenvalue weighted by Gasteiger charge is 2.52. The topological polar surface area (TPSA) is 16.2 Å². The second kappa shape index (κ2) is 18.8. The van der Waals surface area contributed by atoms with Crippen molar-refractivity contribution in [1.29, 1.82) is 0 Å². The summed E-state index contributed by atoms with van der Waals surface area (Å²) in [5.74, 6) is 0. The van der Waals surface area contributed by atoms with Gasteiger partial charge in [0.05, 0.1) is 22.7 Å². The number of hydrogen-bond acceptors (Lipinski definition) is 5. The molecule has 78 heavy (non-hydrogen) atoms. The van der Waals surface area contributed by atoms with E-state index in [1.807, 2.05) is 0 Å². The minimum Gasteiger partial charge on any atom is -0.311 e. The molecule has 0 spiro atoms. The first-order valence-electron chi connectivity index (χ1n) is 26.8. The van der Waals surface area contributed by atoms with Gasteiger partial charge in [-0.3, -0.25) is 0 Å². The Labute approximate surface area is 456 Å². The van der Waals surface area contributed by atoms with Crippen molar-refractivity contribution in [3.63, 3.8) is 0 Å². The average Bonchev–Trinajstić information content (AvgIpc) is 2.85. The molecule has 3 aliphatic rings. The number of nitrogens with zero attached hydrogens (tertiary/aromatic N) is 5. The van der Waals surface area contributed by atoms with Crippen LogP contribution in [0.5, 0.6) is 0 Å². The highest BCUT2D eigenvalue weighted by molar-refractivity contribution is 7.03. The van der Waals surface area contributed by atoms with E-state index in [0.29, 0.717) is 0 Å². The van der Waals surface area contributed by atoms with Gasteiger partial charge in [0.25, 0.3) is 6.71 Å². The van der Waals surface area contributed by atoms with Crippen LogP contribution in [0.4, 0.5) is 85.3 Å². The Kier molecular flexibility index (Phi) is 10.9. The zero-order valence-corrected chi connectivity index (χ0v) is 42.7. The highest BCUT2D eigenvalue weighted by Crippen LogP contribution is 2.57. The lowest BCUT2D eigenvalue weighted by atomic mass is 9.31. The summed E-state index contributed by atoms with van der Waals surface area (Å²) in [6.07, 6.45) is 0. The number of benzene rings is 12. The van der Waals surface area contributed by atoms with E-state index in [2.05, 4.69) is 328 Å². The van der Waals surface area contributed by atoms with E-state index in [1.54, 1.807) is 0 Å². The van der Waals surface area contributed by atoms with Gasteiger partial charge in [0, 0.05) is 73.7 Å². The van der Waals surface area contributed by atoms with Gasteiger partial charge in [-0.2, -0.15) is 0 Å². The van der Waals surface area contributed by atoms with Crippen molar-refractivity contribution in [2.24, 2.45) is 0 Å². The molecular weight excluding hydrogens is 946 g/mol. The van der Waals surface area contributed by atoms with E-state index in [-0.39, 0.29) is 6.71 Å². The summed E-state index contributed by atoms with van der Waals surface area (Å²) in [4.78, 5) is 12.6. The van der Waals surface area contributed by atoms with E-state index in [0.717, 1.165) is 96.2 Å². The predicted molar refractivity (Wildman–Crippen MR) is 329 cm³/mol. The third-order valence-corrected chi connectivity index (χ3v) is 15.6. The molecule has 0 aromatic heterocycles. The molecule has 0 bridgehead atoms. The molecule has 15 rings (SSSR count). The predicted octanol–water partition coefficient (Wildman–Crippen LogP) is 17.8. The summed E-state index contributed by atoms with van der Waals surface area (Å²) < 4.78 is 0. The lowest BCUT2D eigenvalue weighted by molar-refractivity contribution is 1.20. The molecule has 0 aliphatic carbocycles. The smallest absolute Gasteiger partial charge is 0.257 e. The Hall–Kier alpha value is -10.3. The van der Waals surface area contributed by atoms with Crippen LogP contribution in [-0.4, -0.2) is 6.71 Å². The molecule has 0 amide bonds. The molecular formula is C72H50BN5. The quantitative estimate of drug-likeness (QED) is 0.120. The van der Waals surface area contributed by atoms with E-state index in [9.17, 15) is 0 Å². The normalized spacial score (nSPS) is 12.5. The molecule has 0 saturated heterocycles. The second-order valence-electron chi connectivity index (χ2n) is 20.1. The van der Waals surface area contributed by atoms with Crippen LogP contribution >= 0.6 is 0 Å². The molecule has 12 aromatic carbocycles. The first kappa shape index (κ1) is 45.1. The molecule has 12 aromatic rings. The van der Waals surface area contributed by atoms with Gasteiger partial charge in [0.15, 0.2) is 0 Å². The first-order valence-corrected chi connectivity index (χ1v) is 26.8. The molecule has 0 saturated carbocycles. The summed E-state index contributed by atoms with van der Waals surface area (Å²) in [5, 5.41) is 0. The van der Waals surface area contributed by atoms with Gasteiger partial charge in [-0.05, 0) is 143 Å². The van der Waals surface area contributed by atoms with E-state index in [4.69, 9.17) is 0 Å². The summed E-state index contributed by atoms with van der Waals surface area (Å²) in [6.45, 7) is -0.206. The van der Waals surface area contributed by atoms with Gasteiger partial charge in [-0.1, -0.05) is 188 Å². The molecule has 0 radical (unpaired) electrons. The number of para-hydroxylation sites is 7. The van der Waals surface area contributed by atoms with Crippen molar-refractivity contribution in [1.82, 2.24) is 0 Å². The third kappa shape index (κ3) is 7.33. The fraction of sp³-hybridized carbons (Fsp3) is 0. The summed E-state index contributed by atoms with van der Waals surface area (Å²) in [6, 6.07) is 111. The lowest BCUT2D eigenvalue weighted by Gasteiger charge is -2.51. The zero-order valence-electron chi connectivity index (χ0n) is 42.7. The molecule has 3 heterocycles. The standard InChI is InChI=1S/C72H50BN5/c1-10-28-51(29-11-1)62-50-63(52-30-12-2-13-31-52)72-70-71(62)77(58-42-24-8-25-43-58)66-48-60(74(53-32-14-3-15-33-53)54-34-16-4-17-35-54)46-64-68(66)73(70)69-65(76(64)57-40-22-7-23-41-57)47-61(49-67(69)78(72)59-44-26-9-27-45-59)75(55-36-18-5-19-37-55)56-38-20-6-21-39-56/h1-50H. The van der Waals surface area contributed by atoms with Crippen LogP contribution in [0, 0.1) is 0 Å². The maximum Gasteiger partial charge on any atom is 0.257 e. The van der Waals surface area contributed by atoms with Crippen LogP contribution in [0.2, 0.25) is 0 Å².